The summed E-state index contributed by atoms with van der Waals surface area (Å²) in [6, 6.07) is 8.11. The Hall–Kier alpha value is -3.42. The van der Waals surface area contributed by atoms with Gasteiger partial charge in [-0.3, -0.25) is 9.48 Å². The lowest BCUT2D eigenvalue weighted by molar-refractivity contribution is -0.142. The third kappa shape index (κ3) is 2.97. The Kier molecular flexibility index (Phi) is 4.00. The largest absolute Gasteiger partial charge is 0.480 e. The number of aromatic amines is 1. The minimum Gasteiger partial charge on any atom is -0.480 e. The number of carbonyl (C=O) groups excluding carboxylic acids is 1. The van der Waals surface area contributed by atoms with Gasteiger partial charge in [-0.1, -0.05) is 12.1 Å². The van der Waals surface area contributed by atoms with Gasteiger partial charge in [0, 0.05) is 24.4 Å². The highest BCUT2D eigenvalue weighted by Crippen LogP contribution is 2.23. The number of benzene rings is 1. The van der Waals surface area contributed by atoms with E-state index in [-0.39, 0.29) is 18.9 Å². The molecule has 132 valence electrons. The van der Waals surface area contributed by atoms with Crippen LogP contribution >= 0.6 is 0 Å². The van der Waals surface area contributed by atoms with Crippen LogP contribution in [0.5, 0.6) is 0 Å². The first-order valence-electron chi connectivity index (χ1n) is 8.23. The van der Waals surface area contributed by atoms with Gasteiger partial charge in [0.05, 0.1) is 30.8 Å². The molecule has 4 rings (SSSR count). The fraction of sp³-hybridized carbons (Fsp3) is 0.222. The minimum atomic E-state index is -1.03. The molecule has 0 saturated carbocycles. The van der Waals surface area contributed by atoms with Gasteiger partial charge in [0.15, 0.2) is 0 Å². The van der Waals surface area contributed by atoms with E-state index in [1.54, 1.807) is 29.1 Å². The van der Waals surface area contributed by atoms with Crippen LogP contribution in [-0.4, -0.2) is 47.7 Å². The van der Waals surface area contributed by atoms with Crippen molar-refractivity contribution in [3.05, 3.63) is 71.6 Å². The molecule has 0 radical (unpaired) electrons. The van der Waals surface area contributed by atoms with Gasteiger partial charge in [-0.2, -0.15) is 5.10 Å². The van der Waals surface area contributed by atoms with Crippen molar-refractivity contribution >= 4 is 11.9 Å². The Bertz CT molecular complexity index is 947. The van der Waals surface area contributed by atoms with Gasteiger partial charge in [0.2, 0.25) is 0 Å². The third-order valence-electron chi connectivity index (χ3n) is 4.52. The number of amides is 1. The number of hydrogen-bond acceptors (Lipinski definition) is 4. The molecule has 8 heteroatoms. The molecule has 1 amide bonds. The summed E-state index contributed by atoms with van der Waals surface area (Å²) < 4.78 is 1.77. The molecule has 8 nitrogen and oxygen atoms in total. The average molecular weight is 351 g/mol. The summed E-state index contributed by atoms with van der Waals surface area (Å²) in [6.07, 6.45) is 5.27. The summed E-state index contributed by atoms with van der Waals surface area (Å²) in [5.41, 5.74) is 2.87. The van der Waals surface area contributed by atoms with E-state index in [0.29, 0.717) is 17.8 Å². The van der Waals surface area contributed by atoms with Crippen LogP contribution in [-0.2, 0) is 24.3 Å². The van der Waals surface area contributed by atoms with Gasteiger partial charge in [-0.25, -0.2) is 9.78 Å². The summed E-state index contributed by atoms with van der Waals surface area (Å²) in [6.45, 7) is 0.746. The van der Waals surface area contributed by atoms with Crippen LogP contribution in [0.1, 0.15) is 27.3 Å². The summed E-state index contributed by atoms with van der Waals surface area (Å²) in [5.74, 6) is -1.33. The molecular weight excluding hydrogens is 334 g/mol. The number of aliphatic carboxylic acids is 1. The predicted molar refractivity (Wildman–Crippen MR) is 91.4 cm³/mol. The number of imidazole rings is 1. The van der Waals surface area contributed by atoms with Crippen molar-refractivity contribution in [2.45, 2.75) is 25.6 Å². The topological polar surface area (TPSA) is 104 Å². The summed E-state index contributed by atoms with van der Waals surface area (Å²) >= 11 is 0. The van der Waals surface area contributed by atoms with E-state index in [2.05, 4.69) is 15.1 Å². The predicted octanol–water partition coefficient (Wildman–Crippen LogP) is 1.31. The second-order valence-corrected chi connectivity index (χ2v) is 6.22. The van der Waals surface area contributed by atoms with E-state index >= 15 is 0 Å². The molecule has 0 aliphatic carbocycles. The first-order valence-corrected chi connectivity index (χ1v) is 8.23. The lowest BCUT2D eigenvalue weighted by atomic mass is 10.0. The summed E-state index contributed by atoms with van der Waals surface area (Å²) in [4.78, 5) is 33.2. The van der Waals surface area contributed by atoms with Crippen molar-refractivity contribution in [3.63, 3.8) is 0 Å². The normalized spacial score (nSPS) is 16.3. The molecule has 3 aromatic rings. The monoisotopic (exact) mass is 351 g/mol. The van der Waals surface area contributed by atoms with Gasteiger partial charge in [0.25, 0.3) is 5.91 Å². The Morgan fingerprint density at radius 2 is 2.19 bits per heavy atom. The zero-order valence-corrected chi connectivity index (χ0v) is 13.9. The number of nitrogens with one attached hydrogen (secondary N) is 1. The Balaban J connectivity index is 1.61. The van der Waals surface area contributed by atoms with Crippen molar-refractivity contribution in [3.8, 4) is 0 Å². The number of H-pyrrole nitrogens is 1. The van der Waals surface area contributed by atoms with Crippen molar-refractivity contribution in [2.24, 2.45) is 0 Å². The van der Waals surface area contributed by atoms with Crippen molar-refractivity contribution in [1.82, 2.24) is 24.6 Å². The third-order valence-corrected chi connectivity index (χ3v) is 4.52. The molecule has 0 fully saturated rings. The van der Waals surface area contributed by atoms with Gasteiger partial charge in [-0.15, -0.1) is 0 Å². The van der Waals surface area contributed by atoms with E-state index in [9.17, 15) is 14.7 Å². The molecule has 1 aliphatic heterocycles. The number of fused-ring (bicyclic) bond motifs is 1. The molecule has 0 saturated heterocycles. The van der Waals surface area contributed by atoms with Crippen LogP contribution in [0, 0.1) is 0 Å². The van der Waals surface area contributed by atoms with Crippen LogP contribution in [0.3, 0.4) is 0 Å². The summed E-state index contributed by atoms with van der Waals surface area (Å²) in [5, 5.41) is 13.7. The maximum Gasteiger partial charge on any atom is 0.326 e. The molecule has 2 aromatic heterocycles. The fourth-order valence-electron chi connectivity index (χ4n) is 3.22. The molecule has 1 atom stereocenters. The SMILES string of the molecule is O=C(O)[C@@H]1Cc2nc[nH]c2CN1C(=O)c1cccc(Cn2cccn2)c1. The molecule has 0 bridgehead atoms. The van der Waals surface area contributed by atoms with Gasteiger partial charge >= 0.3 is 5.97 Å². The van der Waals surface area contributed by atoms with E-state index in [1.807, 2.05) is 18.3 Å². The fourth-order valence-corrected chi connectivity index (χ4v) is 3.22. The van der Waals surface area contributed by atoms with Crippen LogP contribution in [0.15, 0.2) is 49.1 Å². The van der Waals surface area contributed by atoms with E-state index < -0.39 is 12.0 Å². The Morgan fingerprint density at radius 3 is 2.96 bits per heavy atom. The highest BCUT2D eigenvalue weighted by Gasteiger charge is 2.36. The molecular formula is C18H17N5O3. The van der Waals surface area contributed by atoms with E-state index in [1.165, 1.54) is 11.2 Å². The first kappa shape index (κ1) is 16.1. The van der Waals surface area contributed by atoms with Crippen molar-refractivity contribution < 1.29 is 14.7 Å². The van der Waals surface area contributed by atoms with Crippen molar-refractivity contribution in [1.29, 1.82) is 0 Å². The lowest BCUT2D eigenvalue weighted by Crippen LogP contribution is -2.48. The Morgan fingerprint density at radius 1 is 1.31 bits per heavy atom. The quantitative estimate of drug-likeness (QED) is 0.737. The molecule has 0 unspecified atom stereocenters. The molecule has 3 heterocycles. The minimum absolute atomic E-state index is 0.201. The van der Waals surface area contributed by atoms with Crippen LogP contribution in [0.2, 0.25) is 0 Å². The molecule has 0 spiro atoms. The first-order chi connectivity index (χ1) is 12.6. The number of nitrogens with zero attached hydrogens (tertiary/aromatic N) is 4. The van der Waals surface area contributed by atoms with Gasteiger partial charge in [0.1, 0.15) is 6.04 Å². The molecule has 1 aliphatic rings. The second kappa shape index (κ2) is 6.47. The van der Waals surface area contributed by atoms with Crippen LogP contribution in [0.4, 0.5) is 0 Å². The maximum absolute atomic E-state index is 13.0. The standard InChI is InChI=1S/C18H17N5O3/c24-17(13-4-1-3-12(7-13)9-22-6-2-5-21-22)23-10-15-14(19-11-20-15)8-16(23)18(25)26/h1-7,11,16H,8-10H2,(H,19,20)(H,25,26)/t16-/m0/s1. The number of aromatic nitrogens is 4. The number of hydrogen-bond donors (Lipinski definition) is 2. The summed E-state index contributed by atoms with van der Waals surface area (Å²) in [7, 11) is 0. The smallest absolute Gasteiger partial charge is 0.326 e. The van der Waals surface area contributed by atoms with E-state index in [0.717, 1.165) is 11.3 Å². The number of carboxylic acids is 1. The number of rotatable bonds is 4. The van der Waals surface area contributed by atoms with E-state index in [4.69, 9.17) is 0 Å². The number of carboxylic acid groups (broad SMARTS) is 1. The van der Waals surface area contributed by atoms with Crippen LogP contribution < -0.4 is 0 Å². The number of carbonyl (C=O) groups is 2. The zero-order valence-electron chi connectivity index (χ0n) is 13.9. The zero-order chi connectivity index (χ0) is 18.1. The van der Waals surface area contributed by atoms with Gasteiger partial charge < -0.3 is 15.0 Å². The highest BCUT2D eigenvalue weighted by atomic mass is 16.4. The molecule has 1 aromatic carbocycles. The lowest BCUT2D eigenvalue weighted by Gasteiger charge is -2.32. The second-order valence-electron chi connectivity index (χ2n) is 6.22. The molecule has 2 N–H and O–H groups in total. The average Bonchev–Trinajstić information content (AvgIpc) is 3.31. The Labute approximate surface area is 149 Å². The van der Waals surface area contributed by atoms with Crippen molar-refractivity contribution in [2.75, 3.05) is 0 Å². The van der Waals surface area contributed by atoms with Gasteiger partial charge in [-0.05, 0) is 23.8 Å². The van der Waals surface area contributed by atoms with Crippen LogP contribution in [0.25, 0.3) is 0 Å². The highest BCUT2D eigenvalue weighted by molar-refractivity contribution is 5.97. The maximum atomic E-state index is 13.0. The molecule has 26 heavy (non-hydrogen) atoms.